The summed E-state index contributed by atoms with van der Waals surface area (Å²) in [6, 6.07) is 16.3. The first-order valence-corrected chi connectivity index (χ1v) is 6.36. The Labute approximate surface area is 112 Å². The Bertz CT molecular complexity index is 740. The van der Waals surface area contributed by atoms with Gasteiger partial charge in [-0.3, -0.25) is 4.79 Å². The summed E-state index contributed by atoms with van der Waals surface area (Å²) < 4.78 is 2.19. The Morgan fingerprint density at radius 2 is 1.95 bits per heavy atom. The molecule has 94 valence electrons. The van der Waals surface area contributed by atoms with E-state index in [9.17, 15) is 4.79 Å². The van der Waals surface area contributed by atoms with Crippen LogP contribution in [0.25, 0.3) is 10.9 Å². The predicted molar refractivity (Wildman–Crippen MR) is 77.6 cm³/mol. The molecular formula is C17H15NO. The summed E-state index contributed by atoms with van der Waals surface area (Å²) in [7, 11) is 0. The van der Waals surface area contributed by atoms with Gasteiger partial charge in [-0.2, -0.15) is 0 Å². The Balaban J connectivity index is 2.06. The molecule has 0 saturated heterocycles. The first-order valence-electron chi connectivity index (χ1n) is 6.36. The summed E-state index contributed by atoms with van der Waals surface area (Å²) in [5.74, 6) is 0. The van der Waals surface area contributed by atoms with E-state index in [4.69, 9.17) is 0 Å². The second-order valence-corrected chi connectivity index (χ2v) is 4.81. The highest BCUT2D eigenvalue weighted by molar-refractivity contribution is 5.87. The Hall–Kier alpha value is -2.35. The fraction of sp³-hybridized carbons (Fsp3) is 0.118. The first kappa shape index (κ1) is 11.7. The maximum absolute atomic E-state index is 10.9. The van der Waals surface area contributed by atoms with Crippen LogP contribution >= 0.6 is 0 Å². The Morgan fingerprint density at radius 1 is 1.11 bits per heavy atom. The van der Waals surface area contributed by atoms with E-state index in [0.29, 0.717) is 0 Å². The average Bonchev–Trinajstić information content (AvgIpc) is 2.84. The van der Waals surface area contributed by atoms with Crippen molar-refractivity contribution < 1.29 is 4.79 Å². The molecule has 0 spiro atoms. The SMILES string of the molecule is Cc1ccccc1Cn1ccc2ccc(C=O)cc21. The van der Waals surface area contributed by atoms with Crippen molar-refractivity contribution in [3.05, 3.63) is 71.4 Å². The van der Waals surface area contributed by atoms with Crippen molar-refractivity contribution in [3.8, 4) is 0 Å². The van der Waals surface area contributed by atoms with Gasteiger partial charge in [-0.25, -0.2) is 0 Å². The summed E-state index contributed by atoms with van der Waals surface area (Å²) >= 11 is 0. The topological polar surface area (TPSA) is 22.0 Å². The molecule has 0 bridgehead atoms. The van der Waals surface area contributed by atoms with E-state index < -0.39 is 0 Å². The van der Waals surface area contributed by atoms with Gasteiger partial charge in [0.2, 0.25) is 0 Å². The van der Waals surface area contributed by atoms with Gasteiger partial charge < -0.3 is 4.57 Å². The molecule has 0 aliphatic heterocycles. The van der Waals surface area contributed by atoms with Gasteiger partial charge in [0.05, 0.1) is 0 Å². The third kappa shape index (κ3) is 2.17. The van der Waals surface area contributed by atoms with E-state index in [2.05, 4.69) is 48.0 Å². The first-order chi connectivity index (χ1) is 9.28. The number of nitrogens with zero attached hydrogens (tertiary/aromatic N) is 1. The van der Waals surface area contributed by atoms with Crippen LogP contribution in [0.3, 0.4) is 0 Å². The highest BCUT2D eigenvalue weighted by Gasteiger charge is 2.04. The lowest BCUT2D eigenvalue weighted by Gasteiger charge is -2.08. The molecule has 2 heteroatoms. The Kier molecular flexibility index (Phi) is 2.92. The normalized spacial score (nSPS) is 10.8. The number of rotatable bonds is 3. The zero-order chi connectivity index (χ0) is 13.2. The van der Waals surface area contributed by atoms with Crippen molar-refractivity contribution in [2.75, 3.05) is 0 Å². The molecule has 0 radical (unpaired) electrons. The maximum Gasteiger partial charge on any atom is 0.150 e. The van der Waals surface area contributed by atoms with Crippen LogP contribution in [0.5, 0.6) is 0 Å². The quantitative estimate of drug-likeness (QED) is 0.647. The molecule has 1 aromatic heterocycles. The zero-order valence-electron chi connectivity index (χ0n) is 10.8. The summed E-state index contributed by atoms with van der Waals surface area (Å²) in [4.78, 5) is 10.9. The van der Waals surface area contributed by atoms with Crippen LogP contribution in [0.15, 0.2) is 54.7 Å². The molecule has 2 aromatic carbocycles. The van der Waals surface area contributed by atoms with Crippen LogP contribution in [-0.2, 0) is 6.54 Å². The van der Waals surface area contributed by atoms with Crippen LogP contribution in [0.1, 0.15) is 21.5 Å². The molecule has 2 nitrogen and oxygen atoms in total. The van der Waals surface area contributed by atoms with Crippen LogP contribution in [-0.4, -0.2) is 10.9 Å². The fourth-order valence-electron chi connectivity index (χ4n) is 2.38. The molecule has 19 heavy (non-hydrogen) atoms. The van der Waals surface area contributed by atoms with Gasteiger partial charge in [0.15, 0.2) is 0 Å². The zero-order valence-corrected chi connectivity index (χ0v) is 10.8. The molecule has 0 aliphatic carbocycles. The number of benzene rings is 2. The van der Waals surface area contributed by atoms with Gasteiger partial charge >= 0.3 is 0 Å². The molecule has 3 rings (SSSR count). The number of hydrogen-bond donors (Lipinski definition) is 0. The fourth-order valence-corrected chi connectivity index (χ4v) is 2.38. The summed E-state index contributed by atoms with van der Waals surface area (Å²) in [6.45, 7) is 2.95. The molecule has 0 amide bonds. The lowest BCUT2D eigenvalue weighted by Crippen LogP contribution is -2.00. The second-order valence-electron chi connectivity index (χ2n) is 4.81. The smallest absolute Gasteiger partial charge is 0.150 e. The molecule has 0 fully saturated rings. The summed E-state index contributed by atoms with van der Waals surface area (Å²) in [5, 5.41) is 1.17. The van der Waals surface area contributed by atoms with Gasteiger partial charge in [0, 0.05) is 23.8 Å². The molecule has 0 N–H and O–H groups in total. The van der Waals surface area contributed by atoms with E-state index in [0.717, 1.165) is 23.9 Å². The Morgan fingerprint density at radius 3 is 2.74 bits per heavy atom. The highest BCUT2D eigenvalue weighted by atomic mass is 16.1. The molecule has 3 aromatic rings. The highest BCUT2D eigenvalue weighted by Crippen LogP contribution is 2.19. The van der Waals surface area contributed by atoms with Crippen molar-refractivity contribution in [1.82, 2.24) is 4.57 Å². The number of hydrogen-bond acceptors (Lipinski definition) is 1. The van der Waals surface area contributed by atoms with Crippen molar-refractivity contribution in [2.24, 2.45) is 0 Å². The minimum atomic E-state index is 0.720. The lowest BCUT2D eigenvalue weighted by molar-refractivity contribution is 0.112. The summed E-state index contributed by atoms with van der Waals surface area (Å²) in [5.41, 5.74) is 4.41. The second kappa shape index (κ2) is 4.73. The lowest BCUT2D eigenvalue weighted by atomic mass is 10.1. The van der Waals surface area contributed by atoms with Crippen LogP contribution in [0.2, 0.25) is 0 Å². The van der Waals surface area contributed by atoms with E-state index in [1.54, 1.807) is 0 Å². The molecule has 0 atom stereocenters. The number of aldehydes is 1. The number of fused-ring (bicyclic) bond motifs is 1. The van der Waals surface area contributed by atoms with Gasteiger partial charge in [0.25, 0.3) is 0 Å². The van der Waals surface area contributed by atoms with Crippen molar-refractivity contribution >= 4 is 17.2 Å². The van der Waals surface area contributed by atoms with E-state index >= 15 is 0 Å². The number of aryl methyl sites for hydroxylation is 1. The average molecular weight is 249 g/mol. The van der Waals surface area contributed by atoms with Crippen LogP contribution in [0, 0.1) is 6.92 Å². The van der Waals surface area contributed by atoms with Crippen molar-refractivity contribution in [2.45, 2.75) is 13.5 Å². The molecule has 0 saturated carbocycles. The predicted octanol–water partition coefficient (Wildman–Crippen LogP) is 3.81. The number of carbonyl (C=O) groups is 1. The van der Waals surface area contributed by atoms with Gasteiger partial charge in [-0.1, -0.05) is 36.4 Å². The van der Waals surface area contributed by atoms with Gasteiger partial charge in [0.1, 0.15) is 6.29 Å². The van der Waals surface area contributed by atoms with E-state index in [1.165, 1.54) is 16.5 Å². The number of aromatic nitrogens is 1. The minimum absolute atomic E-state index is 0.720. The van der Waals surface area contributed by atoms with E-state index in [-0.39, 0.29) is 0 Å². The van der Waals surface area contributed by atoms with Gasteiger partial charge in [-0.15, -0.1) is 0 Å². The standard InChI is InChI=1S/C17H15NO/c1-13-4-2-3-5-16(13)11-18-9-8-15-7-6-14(12-19)10-17(15)18/h2-10,12H,11H2,1H3. The van der Waals surface area contributed by atoms with Crippen molar-refractivity contribution in [3.63, 3.8) is 0 Å². The minimum Gasteiger partial charge on any atom is -0.343 e. The molecular weight excluding hydrogens is 234 g/mol. The van der Waals surface area contributed by atoms with Crippen LogP contribution in [0.4, 0.5) is 0 Å². The largest absolute Gasteiger partial charge is 0.343 e. The molecule has 0 aliphatic rings. The van der Waals surface area contributed by atoms with Crippen molar-refractivity contribution in [1.29, 1.82) is 0 Å². The third-order valence-electron chi connectivity index (χ3n) is 3.54. The monoisotopic (exact) mass is 249 g/mol. The van der Waals surface area contributed by atoms with Crippen LogP contribution < -0.4 is 0 Å². The number of carbonyl (C=O) groups excluding carboxylic acids is 1. The summed E-state index contributed by atoms with van der Waals surface area (Å²) in [6.07, 6.45) is 2.97. The third-order valence-corrected chi connectivity index (χ3v) is 3.54. The molecule has 1 heterocycles. The van der Waals surface area contributed by atoms with Gasteiger partial charge in [-0.05, 0) is 35.6 Å². The maximum atomic E-state index is 10.9. The van der Waals surface area contributed by atoms with E-state index in [1.807, 2.05) is 18.2 Å². The molecule has 0 unspecified atom stereocenters.